The van der Waals surface area contributed by atoms with Gasteiger partial charge in [0.1, 0.15) is 16.5 Å². The lowest BCUT2D eigenvalue weighted by Gasteiger charge is -2.48. The third kappa shape index (κ3) is 4.67. The lowest BCUT2D eigenvalue weighted by molar-refractivity contribution is 0.111. The fourth-order valence-electron chi connectivity index (χ4n) is 7.28. The maximum absolute atomic E-state index is 12.6. The number of benzene rings is 3. The number of aromatic nitrogens is 10. The van der Waals surface area contributed by atoms with E-state index in [-0.39, 0.29) is 23.7 Å². The molecular formula is C33H30N10OS. The summed E-state index contributed by atoms with van der Waals surface area (Å²) >= 11 is 1.53. The number of tetrazole rings is 2. The SMILES string of the molecule is CCCCc1nc(Sc2ccccc2)c(C=O)n1Cc1ccc2c(c1)C1c3ccccc3C2C(c2nn[nH]n2)C1c1nn[nH]n1. The standard InChI is InChI=1S/C33H30N10OS/c1-2-3-13-26-34-33(45-20-9-5-4-6-10-20)25(18-44)43(26)17-19-14-15-23-24(16-19)28-22-12-8-7-11-21(22)27(23)29(31-35-39-40-36-31)30(28)32-37-41-42-38-32/h4-12,14-16,18,27-30H,2-3,13,17H2,1H3,(H,35,36,39,40)(H,37,38,41,42). The Labute approximate surface area is 263 Å². The average molecular weight is 615 g/mol. The van der Waals surface area contributed by atoms with E-state index in [0.717, 1.165) is 46.9 Å². The minimum atomic E-state index is -0.142. The zero-order chi connectivity index (χ0) is 30.3. The largest absolute Gasteiger partial charge is 0.320 e. The highest BCUT2D eigenvalue weighted by Gasteiger charge is 2.53. The number of hydrogen-bond acceptors (Lipinski definition) is 9. The average Bonchev–Trinajstić information content (AvgIpc) is 3.87. The molecule has 0 saturated heterocycles. The molecule has 0 saturated carbocycles. The van der Waals surface area contributed by atoms with E-state index in [1.54, 1.807) is 0 Å². The van der Waals surface area contributed by atoms with Crippen LogP contribution in [0.1, 0.15) is 99.2 Å². The van der Waals surface area contributed by atoms with Gasteiger partial charge in [0.2, 0.25) is 0 Å². The number of fused-ring (bicyclic) bond motifs is 1. The van der Waals surface area contributed by atoms with Gasteiger partial charge in [-0.05, 0) is 46.4 Å². The maximum atomic E-state index is 12.6. The molecule has 45 heavy (non-hydrogen) atoms. The van der Waals surface area contributed by atoms with Crippen molar-refractivity contribution in [1.82, 2.24) is 50.8 Å². The van der Waals surface area contributed by atoms with Crippen molar-refractivity contribution >= 4 is 18.0 Å². The molecule has 3 aliphatic carbocycles. The van der Waals surface area contributed by atoms with Crippen LogP contribution in [-0.4, -0.2) is 57.1 Å². The number of aromatic amines is 2. The molecule has 2 bridgehead atoms. The van der Waals surface area contributed by atoms with E-state index < -0.39 is 0 Å². The van der Waals surface area contributed by atoms with E-state index in [0.29, 0.717) is 23.9 Å². The third-order valence-electron chi connectivity index (χ3n) is 9.13. The zero-order valence-electron chi connectivity index (χ0n) is 24.5. The Morgan fingerprint density at radius 2 is 1.47 bits per heavy atom. The Kier molecular flexibility index (Phi) is 7.05. The summed E-state index contributed by atoms with van der Waals surface area (Å²) < 4.78 is 2.10. The van der Waals surface area contributed by atoms with E-state index in [4.69, 9.17) is 4.98 Å². The highest BCUT2D eigenvalue weighted by Crippen LogP contribution is 2.63. The van der Waals surface area contributed by atoms with Gasteiger partial charge in [-0.3, -0.25) is 4.79 Å². The first-order valence-corrected chi connectivity index (χ1v) is 16.0. The molecule has 0 spiro atoms. The molecule has 12 heteroatoms. The molecule has 0 aliphatic heterocycles. The Morgan fingerprint density at radius 1 is 0.822 bits per heavy atom. The summed E-state index contributed by atoms with van der Waals surface area (Å²) in [5, 5.41) is 31.7. The first-order valence-electron chi connectivity index (χ1n) is 15.2. The van der Waals surface area contributed by atoms with Crippen LogP contribution in [0.25, 0.3) is 0 Å². The fraction of sp³-hybridized carbons (Fsp3) is 0.273. The summed E-state index contributed by atoms with van der Waals surface area (Å²) in [5.41, 5.74) is 6.71. The Bertz CT molecular complexity index is 1960. The van der Waals surface area contributed by atoms with Crippen LogP contribution in [-0.2, 0) is 13.0 Å². The molecule has 0 fully saturated rings. The number of rotatable bonds is 10. The Morgan fingerprint density at radius 3 is 2.09 bits per heavy atom. The molecule has 0 radical (unpaired) electrons. The highest BCUT2D eigenvalue weighted by atomic mass is 32.2. The normalized spacial score (nSPS) is 19.8. The topological polar surface area (TPSA) is 144 Å². The molecule has 3 aromatic heterocycles. The van der Waals surface area contributed by atoms with E-state index >= 15 is 0 Å². The second kappa shape index (κ2) is 11.5. The summed E-state index contributed by atoms with van der Waals surface area (Å²) in [6.07, 6.45) is 3.80. The van der Waals surface area contributed by atoms with Crippen LogP contribution in [0, 0.1) is 0 Å². The van der Waals surface area contributed by atoms with Gasteiger partial charge in [-0.15, -0.1) is 20.4 Å². The molecule has 3 aromatic carbocycles. The molecular weight excluding hydrogens is 584 g/mol. The van der Waals surface area contributed by atoms with Gasteiger partial charge in [0, 0.05) is 41.5 Å². The lowest BCUT2D eigenvalue weighted by atomic mass is 9.53. The first-order chi connectivity index (χ1) is 22.2. The number of hydrogen-bond donors (Lipinski definition) is 2. The minimum absolute atomic E-state index is 0.0101. The second-order valence-corrected chi connectivity index (χ2v) is 12.6. The van der Waals surface area contributed by atoms with Crippen molar-refractivity contribution in [3.8, 4) is 0 Å². The number of unbranched alkanes of at least 4 members (excludes halogenated alkanes) is 1. The number of imidazole rings is 1. The van der Waals surface area contributed by atoms with Crippen LogP contribution >= 0.6 is 11.8 Å². The molecule has 9 rings (SSSR count). The summed E-state index contributed by atoms with van der Waals surface area (Å²) in [5.74, 6) is 1.90. The van der Waals surface area contributed by atoms with Crippen molar-refractivity contribution < 1.29 is 4.79 Å². The second-order valence-electron chi connectivity index (χ2n) is 11.6. The molecule has 3 heterocycles. The number of H-pyrrole nitrogens is 2. The summed E-state index contributed by atoms with van der Waals surface area (Å²) in [7, 11) is 0. The smallest absolute Gasteiger partial charge is 0.179 e. The lowest BCUT2D eigenvalue weighted by Crippen LogP contribution is -2.38. The van der Waals surface area contributed by atoms with Crippen LogP contribution in [0.4, 0.5) is 0 Å². The van der Waals surface area contributed by atoms with E-state index in [9.17, 15) is 4.79 Å². The van der Waals surface area contributed by atoms with Crippen LogP contribution in [0.2, 0.25) is 0 Å². The number of carbonyl (C=O) groups is 1. The third-order valence-corrected chi connectivity index (χ3v) is 10.1. The maximum Gasteiger partial charge on any atom is 0.179 e. The molecule has 2 N–H and O–H groups in total. The van der Waals surface area contributed by atoms with Gasteiger partial charge in [0.25, 0.3) is 0 Å². The van der Waals surface area contributed by atoms with Crippen molar-refractivity contribution in [3.05, 3.63) is 124 Å². The van der Waals surface area contributed by atoms with Crippen molar-refractivity contribution in [1.29, 1.82) is 0 Å². The highest BCUT2D eigenvalue weighted by molar-refractivity contribution is 7.99. The van der Waals surface area contributed by atoms with Gasteiger partial charge >= 0.3 is 0 Å². The summed E-state index contributed by atoms with van der Waals surface area (Å²) in [6.45, 7) is 2.72. The van der Waals surface area contributed by atoms with Gasteiger partial charge in [0.15, 0.2) is 17.9 Å². The zero-order valence-corrected chi connectivity index (χ0v) is 25.4. The van der Waals surface area contributed by atoms with Crippen molar-refractivity contribution in [2.24, 2.45) is 0 Å². The van der Waals surface area contributed by atoms with Gasteiger partial charge < -0.3 is 4.57 Å². The first kappa shape index (κ1) is 27.6. The number of nitrogens with one attached hydrogen (secondary N) is 2. The predicted octanol–water partition coefficient (Wildman–Crippen LogP) is 5.42. The molecule has 4 atom stereocenters. The van der Waals surface area contributed by atoms with E-state index in [1.165, 1.54) is 34.0 Å². The summed E-state index contributed by atoms with van der Waals surface area (Å²) in [6, 6.07) is 25.4. The Hall–Kier alpha value is -4.97. The fourth-order valence-corrected chi connectivity index (χ4v) is 8.21. The molecule has 6 aromatic rings. The molecule has 0 amide bonds. The number of nitrogens with zero attached hydrogens (tertiary/aromatic N) is 8. The number of carbonyl (C=O) groups excluding carboxylic acids is 1. The van der Waals surface area contributed by atoms with Crippen LogP contribution in [0.15, 0.2) is 82.7 Å². The number of aldehydes is 1. The molecule has 224 valence electrons. The molecule has 4 unspecified atom stereocenters. The van der Waals surface area contributed by atoms with Crippen LogP contribution in [0.3, 0.4) is 0 Å². The van der Waals surface area contributed by atoms with Crippen molar-refractivity contribution in [2.45, 2.75) is 66.3 Å². The van der Waals surface area contributed by atoms with Gasteiger partial charge in [-0.2, -0.15) is 10.4 Å². The van der Waals surface area contributed by atoms with Gasteiger partial charge in [-0.1, -0.05) is 96.2 Å². The van der Waals surface area contributed by atoms with E-state index in [2.05, 4.69) is 95.2 Å². The predicted molar refractivity (Wildman–Crippen MR) is 166 cm³/mol. The summed E-state index contributed by atoms with van der Waals surface area (Å²) in [4.78, 5) is 18.6. The molecule has 11 nitrogen and oxygen atoms in total. The van der Waals surface area contributed by atoms with Crippen molar-refractivity contribution in [3.63, 3.8) is 0 Å². The van der Waals surface area contributed by atoms with Crippen molar-refractivity contribution in [2.75, 3.05) is 0 Å². The van der Waals surface area contributed by atoms with Crippen LogP contribution < -0.4 is 0 Å². The minimum Gasteiger partial charge on any atom is -0.320 e. The molecule has 3 aliphatic rings. The van der Waals surface area contributed by atoms with Crippen LogP contribution in [0.5, 0.6) is 0 Å². The quantitative estimate of drug-likeness (QED) is 0.193. The van der Waals surface area contributed by atoms with Gasteiger partial charge in [-0.25, -0.2) is 4.98 Å². The Balaban J connectivity index is 1.23. The van der Waals surface area contributed by atoms with E-state index in [1.807, 2.05) is 30.3 Å². The monoisotopic (exact) mass is 614 g/mol. The number of aryl methyl sites for hydroxylation is 1. The van der Waals surface area contributed by atoms with Gasteiger partial charge in [0.05, 0.1) is 0 Å².